The molecule has 0 heterocycles. The Morgan fingerprint density at radius 1 is 1.09 bits per heavy atom. The SMILES string of the molecule is CCC(Oc1cccc(C)c1C)C(=O)Nc1cc(C)ccc1C. The molecule has 3 nitrogen and oxygen atoms in total. The highest BCUT2D eigenvalue weighted by atomic mass is 16.5. The summed E-state index contributed by atoms with van der Waals surface area (Å²) in [5.41, 5.74) is 5.25. The van der Waals surface area contributed by atoms with E-state index in [9.17, 15) is 4.79 Å². The number of anilines is 1. The molecule has 23 heavy (non-hydrogen) atoms. The smallest absolute Gasteiger partial charge is 0.265 e. The van der Waals surface area contributed by atoms with E-state index < -0.39 is 6.10 Å². The lowest BCUT2D eigenvalue weighted by Gasteiger charge is -2.20. The Hall–Kier alpha value is -2.29. The van der Waals surface area contributed by atoms with E-state index in [-0.39, 0.29) is 5.91 Å². The van der Waals surface area contributed by atoms with E-state index in [1.165, 1.54) is 0 Å². The first-order chi connectivity index (χ1) is 10.9. The van der Waals surface area contributed by atoms with Crippen molar-refractivity contribution < 1.29 is 9.53 Å². The van der Waals surface area contributed by atoms with E-state index in [0.717, 1.165) is 33.7 Å². The zero-order valence-corrected chi connectivity index (χ0v) is 14.6. The number of benzene rings is 2. The Kier molecular flexibility index (Phi) is 5.43. The summed E-state index contributed by atoms with van der Waals surface area (Å²) in [6, 6.07) is 11.9. The van der Waals surface area contributed by atoms with Crippen LogP contribution in [0, 0.1) is 27.7 Å². The Balaban J connectivity index is 2.15. The van der Waals surface area contributed by atoms with Crippen LogP contribution in [0.15, 0.2) is 36.4 Å². The van der Waals surface area contributed by atoms with Gasteiger partial charge < -0.3 is 10.1 Å². The molecule has 1 unspecified atom stereocenters. The van der Waals surface area contributed by atoms with Gasteiger partial charge in [-0.1, -0.05) is 31.2 Å². The Morgan fingerprint density at radius 3 is 2.52 bits per heavy atom. The molecule has 2 aromatic rings. The molecule has 1 atom stereocenters. The molecular weight excluding hydrogens is 286 g/mol. The number of hydrogen-bond donors (Lipinski definition) is 1. The minimum absolute atomic E-state index is 0.109. The molecule has 0 bridgehead atoms. The number of hydrogen-bond acceptors (Lipinski definition) is 2. The normalized spacial score (nSPS) is 11.9. The Morgan fingerprint density at radius 2 is 1.83 bits per heavy atom. The average Bonchev–Trinajstić information content (AvgIpc) is 2.52. The van der Waals surface area contributed by atoms with Crippen molar-refractivity contribution >= 4 is 11.6 Å². The third-order valence-corrected chi connectivity index (χ3v) is 4.14. The lowest BCUT2D eigenvalue weighted by molar-refractivity contribution is -0.122. The van der Waals surface area contributed by atoms with Crippen molar-refractivity contribution in [3.63, 3.8) is 0 Å². The summed E-state index contributed by atoms with van der Waals surface area (Å²) < 4.78 is 5.97. The van der Waals surface area contributed by atoms with E-state index in [1.807, 2.05) is 71.0 Å². The molecule has 0 aliphatic carbocycles. The van der Waals surface area contributed by atoms with E-state index in [2.05, 4.69) is 5.32 Å². The molecule has 0 fully saturated rings. The third kappa shape index (κ3) is 4.13. The molecule has 0 saturated heterocycles. The van der Waals surface area contributed by atoms with Crippen LogP contribution in [-0.4, -0.2) is 12.0 Å². The minimum Gasteiger partial charge on any atom is -0.480 e. The van der Waals surface area contributed by atoms with Gasteiger partial charge in [0.05, 0.1) is 0 Å². The standard InChI is InChI=1S/C20H25NO2/c1-6-18(23-19-9-7-8-14(3)16(19)5)20(22)21-17-12-13(2)10-11-15(17)4/h7-12,18H,6H2,1-5H3,(H,21,22). The molecule has 2 aromatic carbocycles. The van der Waals surface area contributed by atoms with Crippen LogP contribution in [-0.2, 0) is 4.79 Å². The van der Waals surface area contributed by atoms with Gasteiger partial charge >= 0.3 is 0 Å². The lowest BCUT2D eigenvalue weighted by atomic mass is 10.1. The van der Waals surface area contributed by atoms with Crippen LogP contribution in [0.2, 0.25) is 0 Å². The fraction of sp³-hybridized carbons (Fsp3) is 0.350. The number of nitrogens with one attached hydrogen (secondary N) is 1. The van der Waals surface area contributed by atoms with Gasteiger partial charge in [0.25, 0.3) is 5.91 Å². The molecule has 3 heteroatoms. The van der Waals surface area contributed by atoms with Crippen molar-refractivity contribution in [3.05, 3.63) is 58.7 Å². The van der Waals surface area contributed by atoms with Crippen molar-refractivity contribution in [2.75, 3.05) is 5.32 Å². The molecule has 0 aromatic heterocycles. The second-order valence-corrected chi connectivity index (χ2v) is 6.02. The van der Waals surface area contributed by atoms with Gasteiger partial charge in [0.1, 0.15) is 5.75 Å². The first-order valence-electron chi connectivity index (χ1n) is 8.03. The second kappa shape index (κ2) is 7.32. The summed E-state index contributed by atoms with van der Waals surface area (Å²) in [6.07, 6.45) is 0.111. The van der Waals surface area contributed by atoms with Gasteiger partial charge in [-0.05, 0) is 68.5 Å². The minimum atomic E-state index is -0.504. The number of amides is 1. The predicted molar refractivity (Wildman–Crippen MR) is 95.2 cm³/mol. The Bertz CT molecular complexity index is 707. The topological polar surface area (TPSA) is 38.3 Å². The van der Waals surface area contributed by atoms with Crippen LogP contribution < -0.4 is 10.1 Å². The zero-order chi connectivity index (χ0) is 17.0. The highest BCUT2D eigenvalue weighted by Gasteiger charge is 2.20. The number of aryl methyl sites for hydroxylation is 3. The fourth-order valence-electron chi connectivity index (χ4n) is 2.41. The molecule has 1 N–H and O–H groups in total. The number of ether oxygens (including phenoxy) is 1. The average molecular weight is 311 g/mol. The Labute approximate surface area is 138 Å². The van der Waals surface area contributed by atoms with Crippen molar-refractivity contribution in [1.29, 1.82) is 0 Å². The van der Waals surface area contributed by atoms with E-state index in [0.29, 0.717) is 6.42 Å². The highest BCUT2D eigenvalue weighted by Crippen LogP contribution is 2.23. The summed E-state index contributed by atoms with van der Waals surface area (Å²) in [5, 5.41) is 2.99. The third-order valence-electron chi connectivity index (χ3n) is 4.14. The highest BCUT2D eigenvalue weighted by molar-refractivity contribution is 5.95. The van der Waals surface area contributed by atoms with Crippen LogP contribution >= 0.6 is 0 Å². The van der Waals surface area contributed by atoms with Crippen molar-refractivity contribution in [2.45, 2.75) is 47.1 Å². The maximum atomic E-state index is 12.6. The van der Waals surface area contributed by atoms with Gasteiger partial charge in [-0.2, -0.15) is 0 Å². The van der Waals surface area contributed by atoms with Crippen LogP contribution in [0.25, 0.3) is 0 Å². The molecule has 0 spiro atoms. The van der Waals surface area contributed by atoms with Gasteiger partial charge in [-0.15, -0.1) is 0 Å². The molecule has 122 valence electrons. The van der Waals surface area contributed by atoms with Crippen LogP contribution in [0.4, 0.5) is 5.69 Å². The summed E-state index contributed by atoms with van der Waals surface area (Å²) >= 11 is 0. The number of carbonyl (C=O) groups is 1. The molecule has 0 aliphatic rings. The van der Waals surface area contributed by atoms with Gasteiger partial charge in [0.15, 0.2) is 6.10 Å². The molecular formula is C20H25NO2. The van der Waals surface area contributed by atoms with E-state index in [1.54, 1.807) is 0 Å². The quantitative estimate of drug-likeness (QED) is 0.868. The van der Waals surface area contributed by atoms with Crippen molar-refractivity contribution in [2.24, 2.45) is 0 Å². The maximum Gasteiger partial charge on any atom is 0.265 e. The lowest BCUT2D eigenvalue weighted by Crippen LogP contribution is -2.32. The van der Waals surface area contributed by atoms with E-state index in [4.69, 9.17) is 4.74 Å². The summed E-state index contributed by atoms with van der Waals surface area (Å²) in [5.74, 6) is 0.662. The van der Waals surface area contributed by atoms with Crippen LogP contribution in [0.1, 0.15) is 35.6 Å². The van der Waals surface area contributed by atoms with Crippen LogP contribution in [0.5, 0.6) is 5.75 Å². The van der Waals surface area contributed by atoms with Gasteiger partial charge in [0, 0.05) is 5.69 Å². The largest absolute Gasteiger partial charge is 0.480 e. The maximum absolute atomic E-state index is 12.6. The first kappa shape index (κ1) is 17.1. The first-order valence-corrected chi connectivity index (χ1v) is 8.03. The summed E-state index contributed by atoms with van der Waals surface area (Å²) in [7, 11) is 0. The molecule has 2 rings (SSSR count). The van der Waals surface area contributed by atoms with Crippen molar-refractivity contribution in [1.82, 2.24) is 0 Å². The summed E-state index contributed by atoms with van der Waals surface area (Å²) in [4.78, 5) is 12.6. The number of carbonyl (C=O) groups excluding carboxylic acids is 1. The molecule has 0 radical (unpaired) electrons. The van der Waals surface area contributed by atoms with Crippen molar-refractivity contribution in [3.8, 4) is 5.75 Å². The zero-order valence-electron chi connectivity index (χ0n) is 14.6. The van der Waals surface area contributed by atoms with Gasteiger partial charge in [-0.25, -0.2) is 0 Å². The van der Waals surface area contributed by atoms with Crippen LogP contribution in [0.3, 0.4) is 0 Å². The summed E-state index contributed by atoms with van der Waals surface area (Å²) in [6.45, 7) is 10.0. The molecule has 1 amide bonds. The monoisotopic (exact) mass is 311 g/mol. The second-order valence-electron chi connectivity index (χ2n) is 6.02. The van der Waals surface area contributed by atoms with Gasteiger partial charge in [0.2, 0.25) is 0 Å². The fourth-order valence-corrected chi connectivity index (χ4v) is 2.41. The van der Waals surface area contributed by atoms with Gasteiger partial charge in [-0.3, -0.25) is 4.79 Å². The number of rotatable bonds is 5. The van der Waals surface area contributed by atoms with E-state index >= 15 is 0 Å². The molecule has 0 aliphatic heterocycles. The predicted octanol–water partition coefficient (Wildman–Crippen LogP) is 4.72. The molecule has 0 saturated carbocycles.